The van der Waals surface area contributed by atoms with Gasteiger partial charge in [0.1, 0.15) is 0 Å². The molecule has 4 nitrogen and oxygen atoms in total. The highest BCUT2D eigenvalue weighted by Gasteiger charge is 2.12. The summed E-state index contributed by atoms with van der Waals surface area (Å²) in [5.41, 5.74) is 9.25. The van der Waals surface area contributed by atoms with Gasteiger partial charge in [0.25, 0.3) is 0 Å². The van der Waals surface area contributed by atoms with Gasteiger partial charge in [0.05, 0.1) is 16.3 Å². The van der Waals surface area contributed by atoms with E-state index in [0.717, 1.165) is 11.3 Å². The second-order valence-electron chi connectivity index (χ2n) is 4.67. The Hall–Kier alpha value is -2.20. The number of nitrogens with one attached hydrogen (secondary N) is 1. The van der Waals surface area contributed by atoms with E-state index in [2.05, 4.69) is 5.32 Å². The van der Waals surface area contributed by atoms with Gasteiger partial charge < -0.3 is 16.2 Å². The van der Waals surface area contributed by atoms with E-state index < -0.39 is 5.97 Å². The van der Waals surface area contributed by atoms with Gasteiger partial charge in [-0.25, -0.2) is 4.79 Å². The first-order valence-corrected chi connectivity index (χ1v) is 6.43. The molecular weight excluding hydrogens is 276 g/mol. The molecule has 0 saturated carbocycles. The summed E-state index contributed by atoms with van der Waals surface area (Å²) in [5, 5.41) is 12.8. The highest BCUT2D eigenvalue weighted by atomic mass is 35.5. The molecule has 4 N–H and O–H groups in total. The van der Waals surface area contributed by atoms with Crippen molar-refractivity contribution in [2.75, 3.05) is 11.1 Å². The predicted octanol–water partition coefficient (Wildman–Crippen LogP) is 3.98. The topological polar surface area (TPSA) is 75.3 Å². The number of carboxylic acid groups (broad SMARTS) is 1. The van der Waals surface area contributed by atoms with Crippen molar-refractivity contribution in [2.45, 2.75) is 13.8 Å². The third kappa shape index (κ3) is 2.86. The Morgan fingerprint density at radius 3 is 2.60 bits per heavy atom. The Bertz CT molecular complexity index is 684. The Morgan fingerprint density at radius 1 is 1.25 bits per heavy atom. The van der Waals surface area contributed by atoms with Crippen molar-refractivity contribution < 1.29 is 9.90 Å². The molecule has 0 aliphatic carbocycles. The van der Waals surface area contributed by atoms with Crippen molar-refractivity contribution >= 4 is 34.6 Å². The van der Waals surface area contributed by atoms with Crippen molar-refractivity contribution in [3.05, 3.63) is 52.0 Å². The van der Waals surface area contributed by atoms with Crippen LogP contribution in [0.4, 0.5) is 17.1 Å². The first kappa shape index (κ1) is 14.2. The average Bonchev–Trinajstić information content (AvgIpc) is 2.37. The number of nitrogens with two attached hydrogens (primary N) is 1. The number of aromatic carboxylic acids is 1. The number of hydrogen-bond donors (Lipinski definition) is 3. The molecule has 0 bridgehead atoms. The molecule has 5 heteroatoms. The van der Waals surface area contributed by atoms with Crippen LogP contribution in [0.1, 0.15) is 21.5 Å². The summed E-state index contributed by atoms with van der Waals surface area (Å²) in [5.74, 6) is -1.05. The minimum Gasteiger partial charge on any atom is -0.478 e. The zero-order valence-electron chi connectivity index (χ0n) is 11.2. The minimum absolute atomic E-state index is 0.0799. The molecule has 0 aliphatic heterocycles. The lowest BCUT2D eigenvalue weighted by Crippen LogP contribution is -2.05. The maximum atomic E-state index is 11.2. The molecular formula is C15H15ClN2O2. The van der Waals surface area contributed by atoms with E-state index in [9.17, 15) is 4.79 Å². The van der Waals surface area contributed by atoms with Crippen LogP contribution in [0, 0.1) is 13.8 Å². The number of benzene rings is 2. The number of hydrogen-bond acceptors (Lipinski definition) is 3. The third-order valence-corrected chi connectivity index (χ3v) is 3.35. The molecule has 0 atom stereocenters. The Labute approximate surface area is 122 Å². The smallest absolute Gasteiger partial charge is 0.337 e. The largest absolute Gasteiger partial charge is 0.478 e. The van der Waals surface area contributed by atoms with Gasteiger partial charge in [-0.05, 0) is 49.2 Å². The number of carbonyl (C=O) groups is 1. The van der Waals surface area contributed by atoms with Gasteiger partial charge in [-0.1, -0.05) is 17.7 Å². The van der Waals surface area contributed by atoms with Gasteiger partial charge in [-0.15, -0.1) is 0 Å². The van der Waals surface area contributed by atoms with Crippen molar-refractivity contribution in [3.63, 3.8) is 0 Å². The lowest BCUT2D eigenvalue weighted by molar-refractivity contribution is 0.0698. The molecule has 0 saturated heterocycles. The zero-order chi connectivity index (χ0) is 14.9. The summed E-state index contributed by atoms with van der Waals surface area (Å²) in [6.45, 7) is 3.73. The molecule has 20 heavy (non-hydrogen) atoms. The molecule has 0 radical (unpaired) electrons. The highest BCUT2D eigenvalue weighted by Crippen LogP contribution is 2.29. The predicted molar refractivity (Wildman–Crippen MR) is 82.0 cm³/mol. The van der Waals surface area contributed by atoms with Gasteiger partial charge >= 0.3 is 5.97 Å². The summed E-state index contributed by atoms with van der Waals surface area (Å²) in [6, 6.07) is 8.89. The van der Waals surface area contributed by atoms with Crippen molar-refractivity contribution in [2.24, 2.45) is 0 Å². The van der Waals surface area contributed by atoms with E-state index in [1.54, 1.807) is 19.1 Å². The molecule has 0 unspecified atom stereocenters. The van der Waals surface area contributed by atoms with E-state index >= 15 is 0 Å². The SMILES string of the molecule is Cc1ccc(Cl)c(Nc2cc(C)c(N)c(C(=O)O)c2)c1. The lowest BCUT2D eigenvalue weighted by Gasteiger charge is -2.13. The van der Waals surface area contributed by atoms with Gasteiger partial charge in [0.15, 0.2) is 0 Å². The number of nitrogen functional groups attached to an aromatic ring is 1. The standard InChI is InChI=1S/C15H15ClN2O2/c1-8-3-4-12(16)13(5-8)18-10-6-9(2)14(17)11(7-10)15(19)20/h3-7,18H,17H2,1-2H3,(H,19,20). The molecule has 0 heterocycles. The van der Waals surface area contributed by atoms with E-state index in [1.165, 1.54) is 6.07 Å². The van der Waals surface area contributed by atoms with Crippen LogP contribution in [-0.2, 0) is 0 Å². The molecule has 0 spiro atoms. The number of halogens is 1. The fourth-order valence-electron chi connectivity index (χ4n) is 1.94. The zero-order valence-corrected chi connectivity index (χ0v) is 12.0. The fourth-order valence-corrected chi connectivity index (χ4v) is 2.10. The molecule has 2 aromatic carbocycles. The van der Waals surface area contributed by atoms with E-state index in [4.69, 9.17) is 22.4 Å². The molecule has 0 amide bonds. The van der Waals surface area contributed by atoms with Crippen molar-refractivity contribution in [3.8, 4) is 0 Å². The normalized spacial score (nSPS) is 10.3. The van der Waals surface area contributed by atoms with Crippen LogP contribution in [0.2, 0.25) is 5.02 Å². The second-order valence-corrected chi connectivity index (χ2v) is 5.08. The third-order valence-electron chi connectivity index (χ3n) is 3.02. The second kappa shape index (κ2) is 5.43. The molecule has 0 fully saturated rings. The van der Waals surface area contributed by atoms with Gasteiger partial charge in [0.2, 0.25) is 0 Å². The van der Waals surface area contributed by atoms with Crippen LogP contribution in [-0.4, -0.2) is 11.1 Å². The van der Waals surface area contributed by atoms with Crippen LogP contribution in [0.15, 0.2) is 30.3 Å². The summed E-state index contributed by atoms with van der Waals surface area (Å²) in [7, 11) is 0. The molecule has 104 valence electrons. The van der Waals surface area contributed by atoms with Crippen molar-refractivity contribution in [1.29, 1.82) is 0 Å². The fraction of sp³-hybridized carbons (Fsp3) is 0.133. The summed E-state index contributed by atoms with van der Waals surface area (Å²) >= 11 is 6.12. The quantitative estimate of drug-likeness (QED) is 0.747. The van der Waals surface area contributed by atoms with Crippen LogP contribution >= 0.6 is 11.6 Å². The van der Waals surface area contributed by atoms with Crippen LogP contribution in [0.5, 0.6) is 0 Å². The van der Waals surface area contributed by atoms with Gasteiger partial charge in [-0.3, -0.25) is 0 Å². The maximum absolute atomic E-state index is 11.2. The van der Waals surface area contributed by atoms with Gasteiger partial charge in [-0.2, -0.15) is 0 Å². The molecule has 0 aromatic heterocycles. The molecule has 2 rings (SSSR count). The van der Waals surface area contributed by atoms with E-state index in [0.29, 0.717) is 16.3 Å². The lowest BCUT2D eigenvalue weighted by atomic mass is 10.1. The number of anilines is 3. The van der Waals surface area contributed by atoms with E-state index in [1.807, 2.05) is 19.1 Å². The number of carboxylic acids is 1. The Kier molecular flexibility index (Phi) is 3.86. The Morgan fingerprint density at radius 2 is 1.95 bits per heavy atom. The van der Waals surface area contributed by atoms with Gasteiger partial charge in [0, 0.05) is 11.4 Å². The summed E-state index contributed by atoms with van der Waals surface area (Å²) < 4.78 is 0. The monoisotopic (exact) mass is 290 g/mol. The molecule has 0 aliphatic rings. The maximum Gasteiger partial charge on any atom is 0.337 e. The average molecular weight is 291 g/mol. The van der Waals surface area contributed by atoms with Crippen LogP contribution < -0.4 is 11.1 Å². The summed E-state index contributed by atoms with van der Waals surface area (Å²) in [6.07, 6.45) is 0. The van der Waals surface area contributed by atoms with Crippen molar-refractivity contribution in [1.82, 2.24) is 0 Å². The van der Waals surface area contributed by atoms with Crippen LogP contribution in [0.3, 0.4) is 0 Å². The Balaban J connectivity index is 2.44. The first-order valence-electron chi connectivity index (χ1n) is 6.05. The highest BCUT2D eigenvalue weighted by molar-refractivity contribution is 6.33. The first-order chi connectivity index (χ1) is 9.38. The number of rotatable bonds is 3. The van der Waals surface area contributed by atoms with Crippen LogP contribution in [0.25, 0.3) is 0 Å². The van der Waals surface area contributed by atoms with E-state index in [-0.39, 0.29) is 11.3 Å². The summed E-state index contributed by atoms with van der Waals surface area (Å²) in [4.78, 5) is 11.2. The minimum atomic E-state index is -1.05. The molecule has 2 aromatic rings. The number of aryl methyl sites for hydroxylation is 2.